The van der Waals surface area contributed by atoms with Crippen molar-refractivity contribution in [2.75, 3.05) is 5.32 Å². The lowest BCUT2D eigenvalue weighted by molar-refractivity contribution is -0.117. The first-order valence-electron chi connectivity index (χ1n) is 6.95. The van der Waals surface area contributed by atoms with Gasteiger partial charge in [0.1, 0.15) is 15.9 Å². The highest BCUT2D eigenvalue weighted by Gasteiger charge is 2.12. The third-order valence-corrected chi connectivity index (χ3v) is 3.94. The van der Waals surface area contributed by atoms with Gasteiger partial charge in [-0.2, -0.15) is 0 Å². The van der Waals surface area contributed by atoms with Crippen LogP contribution in [0.3, 0.4) is 0 Å². The molecule has 0 radical (unpaired) electrons. The summed E-state index contributed by atoms with van der Waals surface area (Å²) < 4.78 is 0.540. The molecule has 0 spiro atoms. The van der Waals surface area contributed by atoms with Crippen LogP contribution in [0.4, 0.5) is 5.69 Å². The zero-order valence-corrected chi connectivity index (χ0v) is 14.9. The summed E-state index contributed by atoms with van der Waals surface area (Å²) in [6.07, 6.45) is 0.374. The number of carbonyl (C=O) groups is 2. The Labute approximate surface area is 136 Å². The Morgan fingerprint density at radius 2 is 1.81 bits per heavy atom. The summed E-state index contributed by atoms with van der Waals surface area (Å²) in [6, 6.07) is 7.54. The highest BCUT2D eigenvalue weighted by atomic mass is 32.2. The molecule has 5 heteroatoms. The molecule has 1 atom stereocenters. The summed E-state index contributed by atoms with van der Waals surface area (Å²) in [5.41, 5.74) is 1.74. The molecule has 0 heterocycles. The van der Waals surface area contributed by atoms with Gasteiger partial charge in [0.05, 0.1) is 5.25 Å². The van der Waals surface area contributed by atoms with Gasteiger partial charge in [-0.05, 0) is 32.4 Å². The van der Waals surface area contributed by atoms with E-state index in [4.69, 9.17) is 12.2 Å². The van der Waals surface area contributed by atoms with Gasteiger partial charge in [0.25, 0.3) is 0 Å². The molecule has 0 bridgehead atoms. The van der Waals surface area contributed by atoms with Crippen LogP contribution < -0.4 is 5.32 Å². The lowest BCUT2D eigenvalue weighted by Crippen LogP contribution is -2.16. The Morgan fingerprint density at radius 3 is 2.33 bits per heavy atom. The van der Waals surface area contributed by atoms with Crippen molar-refractivity contribution in [1.82, 2.24) is 0 Å². The fraction of sp³-hybridized carbons (Fsp3) is 0.438. The van der Waals surface area contributed by atoms with Gasteiger partial charge >= 0.3 is 0 Å². The summed E-state index contributed by atoms with van der Waals surface area (Å²) in [4.78, 5) is 22.4. The van der Waals surface area contributed by atoms with E-state index in [0.717, 1.165) is 11.3 Å². The number of benzene rings is 1. The van der Waals surface area contributed by atoms with Crippen LogP contribution in [0.1, 0.15) is 40.2 Å². The van der Waals surface area contributed by atoms with Crippen LogP contribution in [-0.4, -0.2) is 21.1 Å². The summed E-state index contributed by atoms with van der Waals surface area (Å²) in [5.74, 6) is 0.191. The maximum Gasteiger partial charge on any atom is 0.142 e. The van der Waals surface area contributed by atoms with Crippen molar-refractivity contribution in [2.24, 2.45) is 0 Å². The lowest BCUT2D eigenvalue weighted by Gasteiger charge is -2.13. The zero-order chi connectivity index (χ0) is 16.4. The summed E-state index contributed by atoms with van der Waals surface area (Å²) in [5, 5.41) is 2.92. The fourth-order valence-electron chi connectivity index (χ4n) is 1.45. The molecular weight excluding hydrogens is 302 g/mol. The standard InChI is InChI=1S/C14H17NO2S2.C2H6/c1-9(16)8-12-6-4-5-7-13(12)15-14(18)19-11(3)10(2)17;1-2/h4-7,11H,8H2,1-3H3,(H,15,18);1-2H3. The van der Waals surface area contributed by atoms with Gasteiger partial charge in [-0.1, -0.05) is 56.0 Å². The summed E-state index contributed by atoms with van der Waals surface area (Å²) >= 11 is 6.54. The second-order valence-corrected chi connectivity index (χ2v) is 6.34. The second kappa shape index (κ2) is 10.5. The highest BCUT2D eigenvalue weighted by molar-refractivity contribution is 8.24. The second-order valence-electron chi connectivity index (χ2n) is 4.32. The van der Waals surface area contributed by atoms with Gasteiger partial charge in [-0.15, -0.1) is 0 Å². The Bertz CT molecular complexity index is 501. The van der Waals surface area contributed by atoms with E-state index >= 15 is 0 Å². The molecule has 1 unspecified atom stereocenters. The number of Topliss-reactive ketones (excluding diaryl/α,β-unsaturated/α-hetero) is 2. The van der Waals surface area contributed by atoms with Crippen molar-refractivity contribution >= 4 is 45.6 Å². The van der Waals surface area contributed by atoms with Gasteiger partial charge in [0.2, 0.25) is 0 Å². The molecule has 0 aliphatic rings. The molecule has 0 saturated carbocycles. The van der Waals surface area contributed by atoms with Crippen LogP contribution >= 0.6 is 24.0 Å². The van der Waals surface area contributed by atoms with Crippen LogP contribution in [0.2, 0.25) is 0 Å². The van der Waals surface area contributed by atoms with Gasteiger partial charge in [-0.3, -0.25) is 9.59 Å². The minimum atomic E-state index is -0.167. The Balaban J connectivity index is 0.00000191. The minimum Gasteiger partial charge on any atom is -0.341 e. The molecule has 0 fully saturated rings. The molecule has 0 aliphatic heterocycles. The van der Waals surface area contributed by atoms with Gasteiger partial charge in [0, 0.05) is 12.1 Å². The maximum atomic E-state index is 11.2. The molecule has 3 nitrogen and oxygen atoms in total. The number of ketones is 2. The van der Waals surface area contributed by atoms with Crippen molar-refractivity contribution in [1.29, 1.82) is 0 Å². The molecule has 1 N–H and O–H groups in total. The predicted molar refractivity (Wildman–Crippen MR) is 96.1 cm³/mol. The molecule has 0 aliphatic carbocycles. The Kier molecular flexibility index (Phi) is 9.91. The predicted octanol–water partition coefficient (Wildman–Crippen LogP) is 4.25. The van der Waals surface area contributed by atoms with Crippen molar-refractivity contribution < 1.29 is 9.59 Å². The maximum absolute atomic E-state index is 11.2. The number of thioether (sulfide) groups is 1. The van der Waals surface area contributed by atoms with Crippen molar-refractivity contribution in [3.05, 3.63) is 29.8 Å². The molecule has 0 aromatic heterocycles. The van der Waals surface area contributed by atoms with Gasteiger partial charge in [-0.25, -0.2) is 0 Å². The first-order valence-corrected chi connectivity index (χ1v) is 8.24. The number of rotatable bonds is 5. The average molecular weight is 325 g/mol. The fourth-order valence-corrected chi connectivity index (χ4v) is 2.65. The number of hydrogen-bond acceptors (Lipinski definition) is 4. The SMILES string of the molecule is CC.CC(=O)Cc1ccccc1NC(=S)SC(C)C(C)=O. The third kappa shape index (κ3) is 7.97. The normalized spacial score (nSPS) is 10.9. The van der Waals surface area contributed by atoms with E-state index in [0.29, 0.717) is 10.7 Å². The zero-order valence-electron chi connectivity index (χ0n) is 13.2. The first kappa shape index (κ1) is 19.8. The van der Waals surface area contributed by atoms with Crippen molar-refractivity contribution in [2.45, 2.75) is 46.3 Å². The molecule has 0 saturated heterocycles. The summed E-state index contributed by atoms with van der Waals surface area (Å²) in [7, 11) is 0. The average Bonchev–Trinajstić information content (AvgIpc) is 2.42. The van der Waals surface area contributed by atoms with Crippen LogP contribution in [-0.2, 0) is 16.0 Å². The van der Waals surface area contributed by atoms with E-state index in [1.807, 2.05) is 45.0 Å². The molecule has 116 valence electrons. The molecular formula is C16H23NO2S2. The van der Waals surface area contributed by atoms with E-state index in [2.05, 4.69) is 5.32 Å². The number of thiocarbonyl (C=S) groups is 1. The third-order valence-electron chi connectivity index (χ3n) is 2.55. The first-order chi connectivity index (χ1) is 9.90. The molecule has 21 heavy (non-hydrogen) atoms. The van der Waals surface area contributed by atoms with E-state index < -0.39 is 0 Å². The molecule has 1 aromatic carbocycles. The molecule has 1 aromatic rings. The van der Waals surface area contributed by atoms with Crippen molar-refractivity contribution in [3.8, 4) is 0 Å². The van der Waals surface area contributed by atoms with Crippen LogP contribution in [0.5, 0.6) is 0 Å². The topological polar surface area (TPSA) is 46.2 Å². The highest BCUT2D eigenvalue weighted by Crippen LogP contribution is 2.20. The van der Waals surface area contributed by atoms with Crippen LogP contribution in [0.15, 0.2) is 24.3 Å². The molecule has 0 amide bonds. The van der Waals surface area contributed by atoms with Crippen molar-refractivity contribution in [3.63, 3.8) is 0 Å². The number of hydrogen-bond donors (Lipinski definition) is 1. The lowest BCUT2D eigenvalue weighted by atomic mass is 10.1. The number of anilines is 1. The van der Waals surface area contributed by atoms with Crippen LogP contribution in [0, 0.1) is 0 Å². The van der Waals surface area contributed by atoms with Gasteiger partial charge < -0.3 is 5.32 Å². The smallest absolute Gasteiger partial charge is 0.142 e. The number of nitrogens with one attached hydrogen (secondary N) is 1. The minimum absolute atomic E-state index is 0.0890. The molecule has 1 rings (SSSR count). The summed E-state index contributed by atoms with van der Waals surface area (Å²) in [6.45, 7) is 8.92. The number of para-hydroxylation sites is 1. The van der Waals surface area contributed by atoms with Gasteiger partial charge in [0.15, 0.2) is 0 Å². The Hall–Kier alpha value is -1.20. The van der Waals surface area contributed by atoms with E-state index in [9.17, 15) is 9.59 Å². The van der Waals surface area contributed by atoms with E-state index in [1.165, 1.54) is 11.8 Å². The van der Waals surface area contributed by atoms with E-state index in [-0.39, 0.29) is 16.8 Å². The Morgan fingerprint density at radius 1 is 1.24 bits per heavy atom. The van der Waals surface area contributed by atoms with Crippen LogP contribution in [0.25, 0.3) is 0 Å². The largest absolute Gasteiger partial charge is 0.341 e. The monoisotopic (exact) mass is 325 g/mol. The quantitative estimate of drug-likeness (QED) is 0.820. The number of carbonyl (C=O) groups excluding carboxylic acids is 2. The van der Waals surface area contributed by atoms with E-state index in [1.54, 1.807) is 13.8 Å².